The highest BCUT2D eigenvalue weighted by atomic mass is 32.2. The quantitative estimate of drug-likeness (QED) is 0.332. The van der Waals surface area contributed by atoms with Crippen molar-refractivity contribution < 1.29 is 13.2 Å². The van der Waals surface area contributed by atoms with E-state index in [-0.39, 0.29) is 28.5 Å². The molecule has 0 radical (unpaired) electrons. The van der Waals surface area contributed by atoms with Gasteiger partial charge in [-0.05, 0) is 31.0 Å². The van der Waals surface area contributed by atoms with E-state index in [0.29, 0.717) is 22.7 Å². The minimum absolute atomic E-state index is 0.0255. The van der Waals surface area contributed by atoms with E-state index < -0.39 is 10.0 Å². The fourth-order valence-electron chi connectivity index (χ4n) is 3.83. The summed E-state index contributed by atoms with van der Waals surface area (Å²) in [6.07, 6.45) is 7.54. The molecule has 1 aliphatic rings. The van der Waals surface area contributed by atoms with Crippen LogP contribution in [0, 0.1) is 11.3 Å². The molecular weight excluding hydrogens is 474 g/mol. The Balaban J connectivity index is 1.33. The van der Waals surface area contributed by atoms with Crippen LogP contribution in [0.3, 0.4) is 0 Å². The lowest BCUT2D eigenvalue weighted by molar-refractivity contribution is 0.102. The minimum Gasteiger partial charge on any atom is -0.381 e. The van der Waals surface area contributed by atoms with E-state index in [1.54, 1.807) is 18.6 Å². The van der Waals surface area contributed by atoms with Gasteiger partial charge in [-0.15, -0.1) is 11.3 Å². The molecular formula is C22H19N7O3S2. The van der Waals surface area contributed by atoms with E-state index in [1.807, 2.05) is 12.1 Å². The lowest BCUT2D eigenvalue weighted by Gasteiger charge is -2.37. The third-order valence-electron chi connectivity index (χ3n) is 5.62. The van der Waals surface area contributed by atoms with Gasteiger partial charge in [0.25, 0.3) is 10.0 Å². The molecule has 0 unspecified atom stereocenters. The zero-order valence-corrected chi connectivity index (χ0v) is 19.6. The first-order valence-electron chi connectivity index (χ1n) is 10.4. The van der Waals surface area contributed by atoms with Crippen molar-refractivity contribution in [2.75, 3.05) is 5.32 Å². The fraction of sp³-hybridized carbons (Fsp3) is 0.227. The Kier molecular flexibility index (Phi) is 5.60. The first-order chi connectivity index (χ1) is 16.3. The second kappa shape index (κ2) is 8.60. The fourth-order valence-corrected chi connectivity index (χ4v) is 5.89. The largest absolute Gasteiger partial charge is 0.381 e. The second-order valence-electron chi connectivity index (χ2n) is 8.00. The molecule has 10 nitrogen and oxygen atoms in total. The number of carbonyl (C=O) groups is 1. The van der Waals surface area contributed by atoms with Gasteiger partial charge in [0.05, 0.1) is 27.8 Å². The van der Waals surface area contributed by atoms with Gasteiger partial charge in [0.1, 0.15) is 10.7 Å². The van der Waals surface area contributed by atoms with Crippen LogP contribution in [0.25, 0.3) is 21.6 Å². The Morgan fingerprint density at radius 1 is 1.21 bits per heavy atom. The van der Waals surface area contributed by atoms with Gasteiger partial charge in [0, 0.05) is 49.2 Å². The highest BCUT2D eigenvalue weighted by molar-refractivity contribution is 7.89. The lowest BCUT2D eigenvalue weighted by Crippen LogP contribution is -2.49. The summed E-state index contributed by atoms with van der Waals surface area (Å²) in [5, 5.41) is 13.9. The number of nitrogens with zero attached hydrogens (tertiary/aromatic N) is 4. The van der Waals surface area contributed by atoms with Crippen LogP contribution in [0.2, 0.25) is 0 Å². The van der Waals surface area contributed by atoms with Crippen molar-refractivity contribution >= 4 is 43.9 Å². The summed E-state index contributed by atoms with van der Waals surface area (Å²) in [5.74, 6) is -0.0437. The summed E-state index contributed by atoms with van der Waals surface area (Å²) >= 11 is 1.31. The number of fused-ring (bicyclic) bond motifs is 1. The van der Waals surface area contributed by atoms with Gasteiger partial charge >= 0.3 is 0 Å². The van der Waals surface area contributed by atoms with Crippen molar-refractivity contribution in [1.29, 1.82) is 5.26 Å². The SMILES string of the molecule is CC(=O)c1cnc(-c2cnc3[nH]ccc3c2N[C@H]2C[C@@H](NS(=O)(=O)c3cc(C#N)ccn3)C2)s1. The summed E-state index contributed by atoms with van der Waals surface area (Å²) in [7, 11) is -3.83. The van der Waals surface area contributed by atoms with Gasteiger partial charge in [-0.2, -0.15) is 5.26 Å². The number of thiazole rings is 1. The third-order valence-corrected chi connectivity index (χ3v) is 8.17. The number of hydrogen-bond acceptors (Lipinski definition) is 9. The number of rotatable bonds is 7. The van der Waals surface area contributed by atoms with Crippen molar-refractivity contribution in [2.45, 2.75) is 36.9 Å². The Labute approximate surface area is 199 Å². The smallest absolute Gasteiger partial charge is 0.258 e. The predicted molar refractivity (Wildman–Crippen MR) is 127 cm³/mol. The number of carbonyl (C=O) groups excluding carboxylic acids is 1. The maximum absolute atomic E-state index is 12.7. The standard InChI is InChI=1S/C22H19N7O3S2/c1-12(30)18-11-27-22(33-18)17-10-26-21-16(3-5-25-21)20(17)28-14-7-15(8-14)29-34(31,32)19-6-13(9-23)2-4-24-19/h2-6,10-11,14-15,29H,7-8H2,1H3,(H2,25,26,28)/t14-,15+. The van der Waals surface area contributed by atoms with Gasteiger partial charge in [0.15, 0.2) is 10.8 Å². The van der Waals surface area contributed by atoms with Crippen LogP contribution in [-0.4, -0.2) is 46.2 Å². The van der Waals surface area contributed by atoms with Crippen LogP contribution >= 0.6 is 11.3 Å². The number of nitrogens with one attached hydrogen (secondary N) is 3. The molecule has 0 saturated heterocycles. The average Bonchev–Trinajstić information content (AvgIpc) is 3.47. The highest BCUT2D eigenvalue weighted by Gasteiger charge is 2.34. The zero-order valence-electron chi connectivity index (χ0n) is 17.9. The molecule has 0 aliphatic heterocycles. The van der Waals surface area contributed by atoms with Gasteiger partial charge in [-0.3, -0.25) is 4.79 Å². The Morgan fingerprint density at radius 3 is 2.76 bits per heavy atom. The second-order valence-corrected chi connectivity index (χ2v) is 10.7. The van der Waals surface area contributed by atoms with Crippen molar-refractivity contribution in [3.63, 3.8) is 0 Å². The highest BCUT2D eigenvalue weighted by Crippen LogP contribution is 2.38. The van der Waals surface area contributed by atoms with Crippen LogP contribution in [0.1, 0.15) is 35.0 Å². The summed E-state index contributed by atoms with van der Waals surface area (Å²) in [5.41, 5.74) is 2.57. The molecule has 4 aromatic rings. The molecule has 1 saturated carbocycles. The van der Waals surface area contributed by atoms with Crippen molar-refractivity contribution in [1.82, 2.24) is 24.7 Å². The zero-order chi connectivity index (χ0) is 23.9. The molecule has 12 heteroatoms. The van der Waals surface area contributed by atoms with Gasteiger partial charge in [-0.1, -0.05) is 0 Å². The molecule has 0 bridgehead atoms. The lowest BCUT2D eigenvalue weighted by atomic mass is 9.87. The number of aromatic nitrogens is 4. The van der Waals surface area contributed by atoms with Gasteiger partial charge in [0.2, 0.25) is 0 Å². The molecule has 0 amide bonds. The first-order valence-corrected chi connectivity index (χ1v) is 12.7. The van der Waals surface area contributed by atoms with E-state index in [2.05, 4.69) is 30.0 Å². The van der Waals surface area contributed by atoms with E-state index in [0.717, 1.165) is 22.3 Å². The minimum atomic E-state index is -3.83. The number of nitriles is 1. The summed E-state index contributed by atoms with van der Waals surface area (Å²) in [4.78, 5) is 28.1. The Bertz CT molecular complexity index is 1550. The molecule has 3 N–H and O–H groups in total. The number of anilines is 1. The van der Waals surface area contributed by atoms with Crippen molar-refractivity contribution in [2.24, 2.45) is 0 Å². The molecule has 4 heterocycles. The van der Waals surface area contributed by atoms with Crippen LogP contribution in [0.5, 0.6) is 0 Å². The monoisotopic (exact) mass is 493 g/mol. The number of sulfonamides is 1. The first kappa shape index (κ1) is 22.1. The maximum Gasteiger partial charge on any atom is 0.258 e. The van der Waals surface area contributed by atoms with E-state index in [9.17, 15) is 13.2 Å². The molecule has 1 aliphatic carbocycles. The number of Topliss-reactive ketones (excluding diaryl/α,β-unsaturated/α-hetero) is 1. The summed E-state index contributed by atoms with van der Waals surface area (Å²) in [6, 6.07) is 6.32. The molecule has 5 rings (SSSR count). The maximum atomic E-state index is 12.7. The average molecular weight is 494 g/mol. The van der Waals surface area contributed by atoms with Crippen LogP contribution in [0.4, 0.5) is 5.69 Å². The molecule has 172 valence electrons. The van der Waals surface area contributed by atoms with Crippen LogP contribution < -0.4 is 10.0 Å². The Morgan fingerprint density at radius 2 is 2.03 bits per heavy atom. The number of H-pyrrole nitrogens is 1. The van der Waals surface area contributed by atoms with Crippen LogP contribution in [-0.2, 0) is 10.0 Å². The predicted octanol–water partition coefficient (Wildman–Crippen LogP) is 3.08. The van der Waals surface area contributed by atoms with Crippen molar-refractivity contribution in [3.8, 4) is 16.6 Å². The van der Waals surface area contributed by atoms with Gasteiger partial charge < -0.3 is 10.3 Å². The normalized spacial score (nSPS) is 17.8. The molecule has 1 fully saturated rings. The number of aromatic amines is 1. The number of hydrogen-bond donors (Lipinski definition) is 3. The molecule has 0 spiro atoms. The topological polar surface area (TPSA) is 154 Å². The molecule has 34 heavy (non-hydrogen) atoms. The Hall–Kier alpha value is -3.66. The van der Waals surface area contributed by atoms with Gasteiger partial charge in [-0.25, -0.2) is 28.1 Å². The number of ketones is 1. The molecule has 0 atom stereocenters. The van der Waals surface area contributed by atoms with E-state index in [4.69, 9.17) is 5.26 Å². The van der Waals surface area contributed by atoms with Crippen LogP contribution in [0.15, 0.2) is 48.0 Å². The van der Waals surface area contributed by atoms with E-state index >= 15 is 0 Å². The summed E-state index contributed by atoms with van der Waals surface area (Å²) in [6.45, 7) is 1.51. The summed E-state index contributed by atoms with van der Waals surface area (Å²) < 4.78 is 28.0. The van der Waals surface area contributed by atoms with E-state index in [1.165, 1.54) is 36.6 Å². The number of pyridine rings is 2. The molecule has 4 aromatic heterocycles. The molecule has 0 aromatic carbocycles. The van der Waals surface area contributed by atoms with Crippen molar-refractivity contribution in [3.05, 3.63) is 53.4 Å². The third kappa shape index (κ3) is 4.16.